The second kappa shape index (κ2) is 4.14. The molecule has 2 aromatic carbocycles. The van der Waals surface area contributed by atoms with E-state index in [1.807, 2.05) is 24.3 Å². The lowest BCUT2D eigenvalue weighted by Crippen LogP contribution is -1.87. The summed E-state index contributed by atoms with van der Waals surface area (Å²) in [5.74, 6) is 0.190. The zero-order chi connectivity index (χ0) is 12.5. The minimum absolute atomic E-state index is 0.315. The van der Waals surface area contributed by atoms with Crippen molar-refractivity contribution in [3.63, 3.8) is 0 Å². The van der Waals surface area contributed by atoms with Gasteiger partial charge in [-0.2, -0.15) is 5.10 Å². The van der Waals surface area contributed by atoms with Crippen LogP contribution in [0.15, 0.2) is 42.6 Å². The smallest absolute Gasteiger partial charge is 0.127 e. The molecule has 1 aromatic heterocycles. The SMILES string of the molecule is COc1cc(F)cc(-c2cccc3[nH]ncc23)c1. The van der Waals surface area contributed by atoms with Gasteiger partial charge in [-0.3, -0.25) is 5.10 Å². The standard InChI is InChI=1S/C14H11FN2O/c1-18-11-6-9(5-10(15)7-11)12-3-2-4-14-13(12)8-16-17-14/h2-8H,1H3,(H,16,17). The van der Waals surface area contributed by atoms with Crippen molar-refractivity contribution in [1.29, 1.82) is 0 Å². The van der Waals surface area contributed by atoms with Gasteiger partial charge in [0, 0.05) is 11.5 Å². The summed E-state index contributed by atoms with van der Waals surface area (Å²) < 4.78 is 18.6. The number of fused-ring (bicyclic) bond motifs is 1. The van der Waals surface area contributed by atoms with Crippen molar-refractivity contribution in [2.75, 3.05) is 7.11 Å². The van der Waals surface area contributed by atoms with E-state index >= 15 is 0 Å². The van der Waals surface area contributed by atoms with Crippen LogP contribution in [-0.2, 0) is 0 Å². The molecular weight excluding hydrogens is 231 g/mol. The fourth-order valence-corrected chi connectivity index (χ4v) is 2.06. The Balaban J connectivity index is 2.25. The monoisotopic (exact) mass is 242 g/mol. The molecular formula is C14H11FN2O. The Bertz CT molecular complexity index is 706. The van der Waals surface area contributed by atoms with Crippen molar-refractivity contribution < 1.29 is 9.13 Å². The van der Waals surface area contributed by atoms with E-state index in [0.717, 1.165) is 22.0 Å². The van der Waals surface area contributed by atoms with Crippen LogP contribution in [0.2, 0.25) is 0 Å². The molecule has 4 heteroatoms. The second-order valence-corrected chi connectivity index (χ2v) is 4.02. The fraction of sp³-hybridized carbons (Fsp3) is 0.0714. The summed E-state index contributed by atoms with van der Waals surface area (Å²) in [4.78, 5) is 0. The van der Waals surface area contributed by atoms with Crippen LogP contribution in [0, 0.1) is 5.82 Å². The molecule has 3 nitrogen and oxygen atoms in total. The Morgan fingerprint density at radius 2 is 2.11 bits per heavy atom. The fourth-order valence-electron chi connectivity index (χ4n) is 2.06. The van der Waals surface area contributed by atoms with Gasteiger partial charge in [0.1, 0.15) is 11.6 Å². The molecule has 0 aliphatic rings. The molecule has 0 atom stereocenters. The van der Waals surface area contributed by atoms with Crippen molar-refractivity contribution in [2.24, 2.45) is 0 Å². The lowest BCUT2D eigenvalue weighted by atomic mass is 10.0. The first-order valence-electron chi connectivity index (χ1n) is 5.55. The van der Waals surface area contributed by atoms with E-state index in [0.29, 0.717) is 5.75 Å². The van der Waals surface area contributed by atoms with Gasteiger partial charge < -0.3 is 4.74 Å². The summed E-state index contributed by atoms with van der Waals surface area (Å²) in [6.07, 6.45) is 1.74. The number of hydrogen-bond donors (Lipinski definition) is 1. The van der Waals surface area contributed by atoms with Crippen molar-refractivity contribution in [1.82, 2.24) is 10.2 Å². The number of aromatic amines is 1. The topological polar surface area (TPSA) is 37.9 Å². The molecule has 3 aromatic rings. The van der Waals surface area contributed by atoms with Crippen LogP contribution < -0.4 is 4.74 Å². The maximum atomic E-state index is 13.5. The summed E-state index contributed by atoms with van der Waals surface area (Å²) in [6.45, 7) is 0. The van der Waals surface area contributed by atoms with Gasteiger partial charge in [0.2, 0.25) is 0 Å². The van der Waals surface area contributed by atoms with E-state index in [2.05, 4.69) is 10.2 Å². The third kappa shape index (κ3) is 1.72. The third-order valence-electron chi connectivity index (χ3n) is 2.90. The number of hydrogen-bond acceptors (Lipinski definition) is 2. The van der Waals surface area contributed by atoms with Gasteiger partial charge in [-0.1, -0.05) is 12.1 Å². The van der Waals surface area contributed by atoms with Crippen LogP contribution in [0.3, 0.4) is 0 Å². The summed E-state index contributed by atoms with van der Waals surface area (Å²) in [5.41, 5.74) is 2.63. The largest absolute Gasteiger partial charge is 0.497 e. The number of H-pyrrole nitrogens is 1. The number of methoxy groups -OCH3 is 1. The molecule has 0 spiro atoms. The maximum absolute atomic E-state index is 13.5. The summed E-state index contributed by atoms with van der Waals surface area (Å²) in [5, 5.41) is 7.86. The molecule has 1 N–H and O–H groups in total. The highest BCUT2D eigenvalue weighted by Crippen LogP contribution is 2.30. The highest BCUT2D eigenvalue weighted by atomic mass is 19.1. The number of aromatic nitrogens is 2. The zero-order valence-corrected chi connectivity index (χ0v) is 9.77. The van der Waals surface area contributed by atoms with Gasteiger partial charge in [-0.05, 0) is 29.3 Å². The van der Waals surface area contributed by atoms with Gasteiger partial charge in [0.15, 0.2) is 0 Å². The Morgan fingerprint density at radius 1 is 1.22 bits per heavy atom. The first kappa shape index (κ1) is 10.8. The van der Waals surface area contributed by atoms with Gasteiger partial charge in [-0.25, -0.2) is 4.39 Å². The number of nitrogens with zero attached hydrogens (tertiary/aromatic N) is 1. The van der Waals surface area contributed by atoms with E-state index < -0.39 is 0 Å². The Labute approximate surface area is 103 Å². The minimum atomic E-state index is -0.315. The second-order valence-electron chi connectivity index (χ2n) is 4.02. The maximum Gasteiger partial charge on any atom is 0.127 e. The molecule has 0 fully saturated rings. The van der Waals surface area contributed by atoms with E-state index in [1.165, 1.54) is 19.2 Å². The highest BCUT2D eigenvalue weighted by molar-refractivity contribution is 5.94. The number of rotatable bonds is 2. The minimum Gasteiger partial charge on any atom is -0.497 e. The molecule has 0 bridgehead atoms. The molecule has 0 unspecified atom stereocenters. The lowest BCUT2D eigenvalue weighted by Gasteiger charge is -2.06. The van der Waals surface area contributed by atoms with Crippen molar-refractivity contribution in [3.8, 4) is 16.9 Å². The average molecular weight is 242 g/mol. The van der Waals surface area contributed by atoms with Crippen LogP contribution in [0.5, 0.6) is 5.75 Å². The van der Waals surface area contributed by atoms with Crippen molar-refractivity contribution >= 4 is 10.9 Å². The lowest BCUT2D eigenvalue weighted by molar-refractivity contribution is 0.411. The van der Waals surface area contributed by atoms with Gasteiger partial charge in [0.05, 0.1) is 18.8 Å². The zero-order valence-electron chi connectivity index (χ0n) is 9.77. The quantitative estimate of drug-likeness (QED) is 0.748. The molecule has 1 heterocycles. The number of benzene rings is 2. The molecule has 0 aliphatic carbocycles. The van der Waals surface area contributed by atoms with Crippen LogP contribution >= 0.6 is 0 Å². The van der Waals surface area contributed by atoms with E-state index in [-0.39, 0.29) is 5.82 Å². The molecule has 0 amide bonds. The average Bonchev–Trinajstić information content (AvgIpc) is 2.85. The van der Waals surface area contributed by atoms with E-state index in [1.54, 1.807) is 6.20 Å². The van der Waals surface area contributed by atoms with E-state index in [4.69, 9.17) is 4.74 Å². The molecule has 0 saturated carbocycles. The highest BCUT2D eigenvalue weighted by Gasteiger charge is 2.08. The molecule has 18 heavy (non-hydrogen) atoms. The molecule has 90 valence electrons. The van der Waals surface area contributed by atoms with Gasteiger partial charge in [-0.15, -0.1) is 0 Å². The normalized spacial score (nSPS) is 10.8. The predicted octanol–water partition coefficient (Wildman–Crippen LogP) is 3.38. The molecule has 0 saturated heterocycles. The van der Waals surface area contributed by atoms with E-state index in [9.17, 15) is 4.39 Å². The summed E-state index contributed by atoms with van der Waals surface area (Å²) >= 11 is 0. The summed E-state index contributed by atoms with van der Waals surface area (Å²) in [6, 6.07) is 10.4. The summed E-state index contributed by atoms with van der Waals surface area (Å²) in [7, 11) is 1.52. The van der Waals surface area contributed by atoms with Crippen LogP contribution in [-0.4, -0.2) is 17.3 Å². The predicted molar refractivity (Wildman–Crippen MR) is 68.0 cm³/mol. The van der Waals surface area contributed by atoms with Crippen molar-refractivity contribution in [2.45, 2.75) is 0 Å². The first-order valence-corrected chi connectivity index (χ1v) is 5.55. The number of ether oxygens (including phenoxy) is 1. The molecule has 0 aliphatic heterocycles. The third-order valence-corrected chi connectivity index (χ3v) is 2.90. The van der Waals surface area contributed by atoms with Crippen molar-refractivity contribution in [3.05, 3.63) is 48.4 Å². The van der Waals surface area contributed by atoms with Crippen LogP contribution in [0.25, 0.3) is 22.0 Å². The van der Waals surface area contributed by atoms with Gasteiger partial charge >= 0.3 is 0 Å². The number of nitrogens with one attached hydrogen (secondary N) is 1. The molecule has 3 rings (SSSR count). The van der Waals surface area contributed by atoms with Crippen LogP contribution in [0.1, 0.15) is 0 Å². The van der Waals surface area contributed by atoms with Crippen LogP contribution in [0.4, 0.5) is 4.39 Å². The van der Waals surface area contributed by atoms with Gasteiger partial charge in [0.25, 0.3) is 0 Å². The Morgan fingerprint density at radius 3 is 2.94 bits per heavy atom. The molecule has 0 radical (unpaired) electrons. The Kier molecular flexibility index (Phi) is 2.48. The first-order chi connectivity index (χ1) is 8.78. The Hall–Kier alpha value is -2.36. The number of halogens is 1.